The molecule has 2 rings (SSSR count). The number of hydrogen-bond acceptors (Lipinski definition) is 0. The Balaban J connectivity index is 2.20. The third-order valence-electron chi connectivity index (χ3n) is 3.24. The Labute approximate surface area is 94.8 Å². The molecule has 1 aromatic rings. The zero-order valence-electron chi connectivity index (χ0n) is 8.51. The van der Waals surface area contributed by atoms with Crippen LogP contribution in [0.5, 0.6) is 0 Å². The molecule has 1 aliphatic rings. The molecule has 0 aromatic heterocycles. The van der Waals surface area contributed by atoms with Gasteiger partial charge in [-0.2, -0.15) is 0 Å². The van der Waals surface area contributed by atoms with E-state index in [9.17, 15) is 0 Å². The summed E-state index contributed by atoms with van der Waals surface area (Å²) in [7, 11) is 0. The second-order valence-corrected chi connectivity index (χ2v) is 4.73. The van der Waals surface area contributed by atoms with Crippen LogP contribution in [-0.4, -0.2) is 0 Å². The highest BCUT2D eigenvalue weighted by molar-refractivity contribution is 9.08. The number of rotatable bonds is 2. The van der Waals surface area contributed by atoms with Crippen molar-refractivity contribution in [2.45, 2.75) is 43.4 Å². The highest BCUT2D eigenvalue weighted by Gasteiger charge is 2.17. The molecule has 1 heteroatoms. The number of benzene rings is 1. The predicted octanol–water partition coefficient (Wildman–Crippen LogP) is 4.63. The van der Waals surface area contributed by atoms with Crippen molar-refractivity contribution in [3.8, 4) is 0 Å². The minimum atomic E-state index is 0.831. The molecule has 0 aliphatic heterocycles. The molecule has 0 N–H and O–H groups in total. The fourth-order valence-electron chi connectivity index (χ4n) is 2.47. The number of halogens is 1. The van der Waals surface area contributed by atoms with Crippen molar-refractivity contribution in [2.24, 2.45) is 0 Å². The molecule has 14 heavy (non-hydrogen) atoms. The fourth-order valence-corrected chi connectivity index (χ4v) is 2.98. The molecular formula is C13H17Br. The molecule has 1 fully saturated rings. The smallest absolute Gasteiger partial charge is 0.0285 e. The van der Waals surface area contributed by atoms with Crippen LogP contribution in [0.3, 0.4) is 0 Å². The molecule has 0 spiro atoms. The second kappa shape index (κ2) is 4.97. The van der Waals surface area contributed by atoms with Gasteiger partial charge in [0, 0.05) is 5.33 Å². The summed E-state index contributed by atoms with van der Waals surface area (Å²) in [5, 5.41) is 1.000. The molecule has 0 nitrogen and oxygen atoms in total. The summed E-state index contributed by atoms with van der Waals surface area (Å²) in [4.78, 5) is 0. The molecule has 0 saturated heterocycles. The Morgan fingerprint density at radius 2 is 1.79 bits per heavy atom. The molecule has 0 unspecified atom stereocenters. The number of alkyl halides is 1. The van der Waals surface area contributed by atoms with E-state index in [4.69, 9.17) is 0 Å². The Hall–Kier alpha value is -0.300. The van der Waals surface area contributed by atoms with E-state index in [0.29, 0.717) is 0 Å². The van der Waals surface area contributed by atoms with Crippen molar-refractivity contribution in [1.29, 1.82) is 0 Å². The largest absolute Gasteiger partial charge is 0.0876 e. The summed E-state index contributed by atoms with van der Waals surface area (Å²) in [6.45, 7) is 0. The molecule has 76 valence electrons. The Morgan fingerprint density at radius 3 is 2.50 bits per heavy atom. The van der Waals surface area contributed by atoms with E-state index in [1.54, 1.807) is 5.56 Å². The van der Waals surface area contributed by atoms with Crippen LogP contribution in [0.1, 0.15) is 49.1 Å². The maximum Gasteiger partial charge on any atom is 0.0285 e. The topological polar surface area (TPSA) is 0 Å². The molecule has 1 aromatic carbocycles. The van der Waals surface area contributed by atoms with Crippen molar-refractivity contribution in [3.63, 3.8) is 0 Å². The van der Waals surface area contributed by atoms with Gasteiger partial charge in [-0.05, 0) is 29.9 Å². The van der Waals surface area contributed by atoms with Gasteiger partial charge in [-0.1, -0.05) is 59.5 Å². The lowest BCUT2D eigenvalue weighted by Crippen LogP contribution is -2.06. The van der Waals surface area contributed by atoms with Crippen molar-refractivity contribution in [3.05, 3.63) is 35.4 Å². The van der Waals surface area contributed by atoms with Gasteiger partial charge in [0.2, 0.25) is 0 Å². The minimum absolute atomic E-state index is 0.831. The third kappa shape index (κ3) is 2.20. The first-order valence-corrected chi connectivity index (χ1v) is 6.67. The lowest BCUT2D eigenvalue weighted by Gasteiger charge is -2.23. The fraction of sp³-hybridized carbons (Fsp3) is 0.538. The first kappa shape index (κ1) is 10.2. The second-order valence-electron chi connectivity index (χ2n) is 4.17. The summed E-state index contributed by atoms with van der Waals surface area (Å²) in [5.74, 6) is 0.831. The molecule has 0 heterocycles. The van der Waals surface area contributed by atoms with Gasteiger partial charge in [0.25, 0.3) is 0 Å². The van der Waals surface area contributed by atoms with Gasteiger partial charge in [-0.3, -0.25) is 0 Å². The van der Waals surface area contributed by atoms with E-state index in [1.807, 2.05) is 0 Å². The maximum absolute atomic E-state index is 3.57. The summed E-state index contributed by atoms with van der Waals surface area (Å²) in [5.41, 5.74) is 3.07. The molecule has 0 bridgehead atoms. The molecule has 0 amide bonds. The van der Waals surface area contributed by atoms with Gasteiger partial charge in [0.15, 0.2) is 0 Å². The van der Waals surface area contributed by atoms with Gasteiger partial charge >= 0.3 is 0 Å². The van der Waals surface area contributed by atoms with E-state index in [1.165, 1.54) is 37.7 Å². The van der Waals surface area contributed by atoms with Crippen molar-refractivity contribution < 1.29 is 0 Å². The number of hydrogen-bond donors (Lipinski definition) is 0. The highest BCUT2D eigenvalue weighted by atomic mass is 79.9. The van der Waals surface area contributed by atoms with E-state index >= 15 is 0 Å². The summed E-state index contributed by atoms with van der Waals surface area (Å²) in [6.07, 6.45) is 7.06. The van der Waals surface area contributed by atoms with Crippen LogP contribution in [0, 0.1) is 0 Å². The van der Waals surface area contributed by atoms with Gasteiger partial charge < -0.3 is 0 Å². The van der Waals surface area contributed by atoms with Gasteiger partial charge in [0.1, 0.15) is 0 Å². The lowest BCUT2D eigenvalue weighted by atomic mass is 9.82. The monoisotopic (exact) mass is 252 g/mol. The van der Waals surface area contributed by atoms with E-state index < -0.39 is 0 Å². The van der Waals surface area contributed by atoms with Crippen molar-refractivity contribution in [1.82, 2.24) is 0 Å². The summed E-state index contributed by atoms with van der Waals surface area (Å²) < 4.78 is 0. The lowest BCUT2D eigenvalue weighted by molar-refractivity contribution is 0.442. The van der Waals surface area contributed by atoms with Crippen LogP contribution in [0.2, 0.25) is 0 Å². The normalized spacial score (nSPS) is 18.4. The molecule has 1 aliphatic carbocycles. The Bertz CT molecular complexity index is 287. The SMILES string of the molecule is BrCc1ccccc1C1CCCCC1. The van der Waals surface area contributed by atoms with Gasteiger partial charge in [-0.15, -0.1) is 0 Å². The quantitative estimate of drug-likeness (QED) is 0.674. The molecule has 1 saturated carbocycles. The molecule has 0 atom stereocenters. The van der Waals surface area contributed by atoms with Crippen LogP contribution < -0.4 is 0 Å². The van der Waals surface area contributed by atoms with E-state index in [0.717, 1.165) is 11.2 Å². The van der Waals surface area contributed by atoms with Crippen molar-refractivity contribution >= 4 is 15.9 Å². The molecule has 0 radical (unpaired) electrons. The average Bonchev–Trinajstić information content (AvgIpc) is 2.30. The van der Waals surface area contributed by atoms with Crippen LogP contribution in [0.4, 0.5) is 0 Å². The molecular weight excluding hydrogens is 236 g/mol. The summed E-state index contributed by atoms with van der Waals surface area (Å²) >= 11 is 3.57. The van der Waals surface area contributed by atoms with Gasteiger partial charge in [-0.25, -0.2) is 0 Å². The van der Waals surface area contributed by atoms with Gasteiger partial charge in [0.05, 0.1) is 0 Å². The first-order valence-electron chi connectivity index (χ1n) is 5.55. The van der Waals surface area contributed by atoms with Crippen LogP contribution in [0.25, 0.3) is 0 Å². The zero-order chi connectivity index (χ0) is 9.80. The standard InChI is InChI=1S/C13H17Br/c14-10-12-8-4-5-9-13(12)11-6-2-1-3-7-11/h4-5,8-9,11H,1-3,6-7,10H2. The average molecular weight is 253 g/mol. The van der Waals surface area contributed by atoms with Crippen LogP contribution in [0.15, 0.2) is 24.3 Å². The predicted molar refractivity (Wildman–Crippen MR) is 64.9 cm³/mol. The van der Waals surface area contributed by atoms with E-state index in [2.05, 4.69) is 40.2 Å². The minimum Gasteiger partial charge on any atom is -0.0876 e. The Kier molecular flexibility index (Phi) is 3.63. The van der Waals surface area contributed by atoms with Crippen LogP contribution >= 0.6 is 15.9 Å². The van der Waals surface area contributed by atoms with Crippen LogP contribution in [-0.2, 0) is 5.33 Å². The highest BCUT2D eigenvalue weighted by Crippen LogP contribution is 2.34. The maximum atomic E-state index is 3.57. The first-order chi connectivity index (χ1) is 6.92. The zero-order valence-corrected chi connectivity index (χ0v) is 10.1. The summed E-state index contributed by atoms with van der Waals surface area (Å²) in [6, 6.07) is 8.88. The Morgan fingerprint density at radius 1 is 1.07 bits per heavy atom. The van der Waals surface area contributed by atoms with Crippen molar-refractivity contribution in [2.75, 3.05) is 0 Å². The third-order valence-corrected chi connectivity index (χ3v) is 3.85. The van der Waals surface area contributed by atoms with E-state index in [-0.39, 0.29) is 0 Å².